The molecule has 0 saturated heterocycles. The molecule has 0 aliphatic heterocycles. The Bertz CT molecular complexity index is 431. The van der Waals surface area contributed by atoms with Gasteiger partial charge in [0.05, 0.1) is 7.11 Å². The molecule has 3 heteroatoms. The van der Waals surface area contributed by atoms with E-state index in [1.54, 1.807) is 7.11 Å². The number of nitrogens with zero attached hydrogens (tertiary/aromatic N) is 1. The molecular formula is C18H30N2O. The molecule has 118 valence electrons. The smallest absolute Gasteiger partial charge is 0.125 e. The molecule has 0 fully saturated rings. The lowest BCUT2D eigenvalue weighted by Gasteiger charge is -2.27. The van der Waals surface area contributed by atoms with Gasteiger partial charge >= 0.3 is 0 Å². The van der Waals surface area contributed by atoms with Crippen molar-refractivity contribution in [2.45, 2.75) is 39.2 Å². The number of nitrogens with one attached hydrogen (secondary N) is 1. The van der Waals surface area contributed by atoms with E-state index < -0.39 is 0 Å². The fraction of sp³-hybridized carbons (Fsp3) is 0.556. The predicted octanol–water partition coefficient (Wildman–Crippen LogP) is 4.16. The van der Waals surface area contributed by atoms with Crippen molar-refractivity contribution in [3.63, 3.8) is 0 Å². The molecule has 0 amide bonds. The van der Waals surface area contributed by atoms with Crippen molar-refractivity contribution < 1.29 is 4.74 Å². The lowest BCUT2D eigenvalue weighted by molar-refractivity contribution is 0.401. The first kappa shape index (κ1) is 17.6. The summed E-state index contributed by atoms with van der Waals surface area (Å²) in [6, 6.07) is 6.56. The molecule has 1 aromatic carbocycles. The van der Waals surface area contributed by atoms with Gasteiger partial charge in [0.2, 0.25) is 0 Å². The largest absolute Gasteiger partial charge is 0.496 e. The van der Waals surface area contributed by atoms with E-state index in [0.717, 1.165) is 38.1 Å². The van der Waals surface area contributed by atoms with Crippen LogP contribution in [-0.4, -0.2) is 27.2 Å². The minimum Gasteiger partial charge on any atom is -0.496 e. The topological polar surface area (TPSA) is 24.5 Å². The number of hydrogen-bond donors (Lipinski definition) is 1. The highest BCUT2D eigenvalue weighted by Crippen LogP contribution is 2.34. The highest BCUT2D eigenvalue weighted by Gasteiger charge is 2.17. The van der Waals surface area contributed by atoms with E-state index in [9.17, 15) is 0 Å². The maximum absolute atomic E-state index is 5.58. The van der Waals surface area contributed by atoms with E-state index in [1.165, 1.54) is 11.3 Å². The SMILES string of the molecule is C=CCCCN(C)c1cccc(OC)c1C(C)NCCC. The van der Waals surface area contributed by atoms with Gasteiger partial charge in [0.15, 0.2) is 0 Å². The Hall–Kier alpha value is -1.48. The van der Waals surface area contributed by atoms with Gasteiger partial charge in [-0.15, -0.1) is 6.58 Å². The molecule has 0 aromatic heterocycles. The Labute approximate surface area is 130 Å². The number of anilines is 1. The average Bonchev–Trinajstić information content (AvgIpc) is 2.51. The molecule has 0 aliphatic carbocycles. The minimum atomic E-state index is 0.276. The number of benzene rings is 1. The summed E-state index contributed by atoms with van der Waals surface area (Å²) in [5.74, 6) is 0.958. The molecule has 0 spiro atoms. The van der Waals surface area contributed by atoms with E-state index in [1.807, 2.05) is 12.1 Å². The molecule has 0 bridgehead atoms. The first-order valence-corrected chi connectivity index (χ1v) is 7.88. The van der Waals surface area contributed by atoms with E-state index >= 15 is 0 Å². The zero-order chi connectivity index (χ0) is 15.7. The highest BCUT2D eigenvalue weighted by molar-refractivity contribution is 5.60. The maximum atomic E-state index is 5.58. The van der Waals surface area contributed by atoms with Crippen LogP contribution in [0.4, 0.5) is 5.69 Å². The lowest BCUT2D eigenvalue weighted by Crippen LogP contribution is -2.25. The van der Waals surface area contributed by atoms with Crippen molar-refractivity contribution in [3.8, 4) is 5.75 Å². The summed E-state index contributed by atoms with van der Waals surface area (Å²) in [6.07, 6.45) is 5.27. The Morgan fingerprint density at radius 2 is 2.19 bits per heavy atom. The fourth-order valence-corrected chi connectivity index (χ4v) is 2.53. The number of hydrogen-bond acceptors (Lipinski definition) is 3. The molecule has 0 saturated carbocycles. The number of rotatable bonds is 10. The van der Waals surface area contributed by atoms with Crippen molar-refractivity contribution in [3.05, 3.63) is 36.4 Å². The molecule has 0 heterocycles. The standard InChI is InChI=1S/C18H30N2O/c1-6-8-9-14-20(4)16-11-10-12-17(21-5)18(16)15(3)19-13-7-2/h6,10-12,15,19H,1,7-9,13-14H2,2-5H3. The van der Waals surface area contributed by atoms with Crippen molar-refractivity contribution in [1.29, 1.82) is 0 Å². The first-order chi connectivity index (χ1) is 10.2. The first-order valence-electron chi connectivity index (χ1n) is 7.88. The number of ether oxygens (including phenoxy) is 1. The third-order valence-corrected chi connectivity index (χ3v) is 3.71. The average molecular weight is 290 g/mol. The third-order valence-electron chi connectivity index (χ3n) is 3.71. The van der Waals surface area contributed by atoms with Crippen molar-refractivity contribution in [2.24, 2.45) is 0 Å². The van der Waals surface area contributed by atoms with Crippen molar-refractivity contribution in [2.75, 3.05) is 32.1 Å². The molecule has 1 unspecified atom stereocenters. The van der Waals surface area contributed by atoms with Gasteiger partial charge < -0.3 is 15.0 Å². The van der Waals surface area contributed by atoms with Gasteiger partial charge in [-0.1, -0.05) is 19.1 Å². The Balaban J connectivity index is 2.98. The van der Waals surface area contributed by atoms with E-state index in [2.05, 4.69) is 49.8 Å². The number of methoxy groups -OCH3 is 1. The Morgan fingerprint density at radius 3 is 2.81 bits per heavy atom. The van der Waals surface area contributed by atoms with Crippen LogP contribution < -0.4 is 15.0 Å². The van der Waals surface area contributed by atoms with Crippen LogP contribution in [0, 0.1) is 0 Å². The molecule has 3 nitrogen and oxygen atoms in total. The summed E-state index contributed by atoms with van der Waals surface area (Å²) >= 11 is 0. The van der Waals surface area contributed by atoms with Gasteiger partial charge in [-0.05, 0) is 44.9 Å². The second-order valence-electron chi connectivity index (χ2n) is 5.42. The molecule has 1 rings (SSSR count). The summed E-state index contributed by atoms with van der Waals surface area (Å²) in [5, 5.41) is 3.56. The van der Waals surface area contributed by atoms with Crippen LogP contribution in [0.5, 0.6) is 5.75 Å². The van der Waals surface area contributed by atoms with E-state index in [4.69, 9.17) is 4.74 Å². The van der Waals surface area contributed by atoms with Gasteiger partial charge in [-0.2, -0.15) is 0 Å². The molecule has 0 radical (unpaired) electrons. The normalized spacial score (nSPS) is 12.0. The molecule has 0 aliphatic rings. The van der Waals surface area contributed by atoms with E-state index in [0.29, 0.717) is 0 Å². The van der Waals surface area contributed by atoms with Crippen LogP contribution in [0.3, 0.4) is 0 Å². The zero-order valence-electron chi connectivity index (χ0n) is 14.0. The van der Waals surface area contributed by atoms with Gasteiger partial charge in [0, 0.05) is 30.9 Å². The second-order valence-corrected chi connectivity index (χ2v) is 5.42. The summed E-state index contributed by atoms with van der Waals surface area (Å²) in [5.41, 5.74) is 2.49. The lowest BCUT2D eigenvalue weighted by atomic mass is 10.0. The second kappa shape index (κ2) is 9.46. The molecule has 1 aromatic rings. The van der Waals surface area contributed by atoms with Crippen LogP contribution in [-0.2, 0) is 0 Å². The van der Waals surface area contributed by atoms with Crippen molar-refractivity contribution in [1.82, 2.24) is 5.32 Å². The third kappa shape index (κ3) is 5.09. The summed E-state index contributed by atoms with van der Waals surface area (Å²) in [7, 11) is 3.89. The quantitative estimate of drug-likeness (QED) is 0.517. The zero-order valence-corrected chi connectivity index (χ0v) is 14.0. The molecule has 21 heavy (non-hydrogen) atoms. The van der Waals surface area contributed by atoms with Crippen LogP contribution in [0.25, 0.3) is 0 Å². The maximum Gasteiger partial charge on any atom is 0.125 e. The Morgan fingerprint density at radius 1 is 1.43 bits per heavy atom. The summed E-state index contributed by atoms with van der Waals surface area (Å²) in [4.78, 5) is 2.31. The van der Waals surface area contributed by atoms with Crippen LogP contribution in [0.1, 0.15) is 44.7 Å². The van der Waals surface area contributed by atoms with Gasteiger partial charge in [0.1, 0.15) is 5.75 Å². The summed E-state index contributed by atoms with van der Waals surface area (Å²) in [6.45, 7) is 10.2. The van der Waals surface area contributed by atoms with Crippen molar-refractivity contribution >= 4 is 5.69 Å². The summed E-state index contributed by atoms with van der Waals surface area (Å²) < 4.78 is 5.58. The van der Waals surface area contributed by atoms with Gasteiger partial charge in [-0.3, -0.25) is 0 Å². The minimum absolute atomic E-state index is 0.276. The van der Waals surface area contributed by atoms with Crippen LogP contribution in [0.15, 0.2) is 30.9 Å². The van der Waals surface area contributed by atoms with Gasteiger partial charge in [0.25, 0.3) is 0 Å². The van der Waals surface area contributed by atoms with Gasteiger partial charge in [-0.25, -0.2) is 0 Å². The van der Waals surface area contributed by atoms with E-state index in [-0.39, 0.29) is 6.04 Å². The number of unbranched alkanes of at least 4 members (excludes halogenated alkanes) is 1. The molecular weight excluding hydrogens is 260 g/mol. The fourth-order valence-electron chi connectivity index (χ4n) is 2.53. The molecule has 1 N–H and O–H groups in total. The monoisotopic (exact) mass is 290 g/mol. The Kier molecular flexibility index (Phi) is 7.91. The predicted molar refractivity (Wildman–Crippen MR) is 92.4 cm³/mol. The molecule has 1 atom stereocenters. The highest BCUT2D eigenvalue weighted by atomic mass is 16.5. The van der Waals surface area contributed by atoms with Crippen LogP contribution >= 0.6 is 0 Å². The van der Waals surface area contributed by atoms with Crippen LogP contribution in [0.2, 0.25) is 0 Å². The number of allylic oxidation sites excluding steroid dienone is 1.